The van der Waals surface area contributed by atoms with Gasteiger partial charge in [0.2, 0.25) is 0 Å². The average Bonchev–Trinajstić information content (AvgIpc) is 2.36. The summed E-state index contributed by atoms with van der Waals surface area (Å²) in [6.07, 6.45) is 0.719. The lowest BCUT2D eigenvalue weighted by Gasteiger charge is -2.32. The van der Waals surface area contributed by atoms with E-state index in [4.69, 9.17) is 0 Å². The first-order valence-corrected chi connectivity index (χ1v) is 7.26. The van der Waals surface area contributed by atoms with Gasteiger partial charge in [0.05, 0.1) is 4.92 Å². The summed E-state index contributed by atoms with van der Waals surface area (Å²) in [6, 6.07) is 6.21. The van der Waals surface area contributed by atoms with Crippen molar-refractivity contribution in [3.05, 3.63) is 39.9 Å². The summed E-state index contributed by atoms with van der Waals surface area (Å²) in [5.74, 6) is 0. The average molecular weight is 285 g/mol. The van der Waals surface area contributed by atoms with Gasteiger partial charge in [0.1, 0.15) is 0 Å². The van der Waals surface area contributed by atoms with Gasteiger partial charge in [-0.15, -0.1) is 0 Å². The summed E-state index contributed by atoms with van der Waals surface area (Å²) in [5, 5.41) is 10.9. The van der Waals surface area contributed by atoms with Crippen LogP contribution < -0.4 is 0 Å². The zero-order valence-corrected chi connectivity index (χ0v) is 11.3. The molecule has 8 heteroatoms. The van der Waals surface area contributed by atoms with E-state index in [9.17, 15) is 18.5 Å². The third kappa shape index (κ3) is 2.75. The number of nitrogens with zero attached hydrogens (tertiary/aromatic N) is 3. The van der Waals surface area contributed by atoms with E-state index < -0.39 is 15.1 Å². The van der Waals surface area contributed by atoms with Crippen LogP contribution in [0.2, 0.25) is 0 Å². The van der Waals surface area contributed by atoms with Gasteiger partial charge in [-0.3, -0.25) is 10.1 Å². The highest BCUT2D eigenvalue weighted by molar-refractivity contribution is 7.86. The summed E-state index contributed by atoms with van der Waals surface area (Å²) in [6.45, 7) is 0.901. The molecule has 1 fully saturated rings. The standard InChI is InChI=1S/C11H15N3O4S/c1-12-7-4-8-13(19(12,17)18)9-10-5-2-3-6-11(10)14(15)16/h2-3,5-6H,4,7-9H2,1H3. The fourth-order valence-electron chi connectivity index (χ4n) is 2.07. The molecule has 19 heavy (non-hydrogen) atoms. The molecule has 1 aromatic rings. The molecule has 1 saturated heterocycles. The van der Waals surface area contributed by atoms with Crippen molar-refractivity contribution in [2.45, 2.75) is 13.0 Å². The van der Waals surface area contributed by atoms with E-state index in [2.05, 4.69) is 0 Å². The second kappa shape index (κ2) is 5.24. The van der Waals surface area contributed by atoms with Crippen LogP contribution in [-0.2, 0) is 16.8 Å². The van der Waals surface area contributed by atoms with Gasteiger partial charge in [-0.25, -0.2) is 0 Å². The van der Waals surface area contributed by atoms with Crippen molar-refractivity contribution in [2.75, 3.05) is 20.1 Å². The highest BCUT2D eigenvalue weighted by Crippen LogP contribution is 2.23. The zero-order chi connectivity index (χ0) is 14.0. The minimum Gasteiger partial charge on any atom is -0.258 e. The molecule has 1 heterocycles. The molecule has 0 aliphatic carbocycles. The predicted octanol–water partition coefficient (Wildman–Crippen LogP) is 0.977. The maximum atomic E-state index is 12.1. The van der Waals surface area contributed by atoms with Crippen LogP contribution >= 0.6 is 0 Å². The van der Waals surface area contributed by atoms with Crippen LogP contribution in [-0.4, -0.2) is 42.1 Å². The number of para-hydroxylation sites is 1. The van der Waals surface area contributed by atoms with Crippen LogP contribution in [0.3, 0.4) is 0 Å². The Morgan fingerprint density at radius 3 is 2.68 bits per heavy atom. The van der Waals surface area contributed by atoms with Crippen molar-refractivity contribution >= 4 is 15.9 Å². The molecule has 0 radical (unpaired) electrons. The Hall–Kier alpha value is -1.51. The molecule has 7 nitrogen and oxygen atoms in total. The number of hydrogen-bond donors (Lipinski definition) is 0. The van der Waals surface area contributed by atoms with E-state index in [1.807, 2.05) is 0 Å². The monoisotopic (exact) mass is 285 g/mol. The predicted molar refractivity (Wildman–Crippen MR) is 69.7 cm³/mol. The second-order valence-electron chi connectivity index (χ2n) is 4.40. The number of rotatable bonds is 3. The van der Waals surface area contributed by atoms with Gasteiger partial charge >= 0.3 is 0 Å². The molecule has 1 aliphatic rings. The molecule has 0 spiro atoms. The van der Waals surface area contributed by atoms with Crippen LogP contribution in [0.5, 0.6) is 0 Å². The van der Waals surface area contributed by atoms with E-state index in [1.54, 1.807) is 18.2 Å². The highest BCUT2D eigenvalue weighted by atomic mass is 32.2. The molecule has 1 aromatic carbocycles. The van der Waals surface area contributed by atoms with E-state index in [-0.39, 0.29) is 12.2 Å². The summed E-state index contributed by atoms with van der Waals surface area (Å²) in [7, 11) is -1.98. The molecule has 0 N–H and O–H groups in total. The lowest BCUT2D eigenvalue weighted by molar-refractivity contribution is -0.385. The number of benzene rings is 1. The molecule has 0 unspecified atom stereocenters. The van der Waals surface area contributed by atoms with Crippen LogP contribution in [0.25, 0.3) is 0 Å². The molecule has 0 saturated carbocycles. The first-order valence-electron chi connectivity index (χ1n) is 5.86. The van der Waals surface area contributed by atoms with E-state index in [0.717, 1.165) is 6.42 Å². The SMILES string of the molecule is CN1CCCN(Cc2ccccc2[N+](=O)[O-])S1(=O)=O. The second-order valence-corrected chi connectivity index (χ2v) is 6.44. The lowest BCUT2D eigenvalue weighted by Crippen LogP contribution is -2.47. The fraction of sp³-hybridized carbons (Fsp3) is 0.455. The lowest BCUT2D eigenvalue weighted by atomic mass is 10.2. The topological polar surface area (TPSA) is 83.8 Å². The molecule has 1 aliphatic heterocycles. The molecular weight excluding hydrogens is 270 g/mol. The van der Waals surface area contributed by atoms with Gasteiger partial charge in [0.25, 0.3) is 15.9 Å². The number of nitro benzene ring substituents is 1. The van der Waals surface area contributed by atoms with Crippen LogP contribution in [0, 0.1) is 10.1 Å². The van der Waals surface area contributed by atoms with Crippen molar-refractivity contribution in [3.8, 4) is 0 Å². The summed E-state index contributed by atoms with van der Waals surface area (Å²) in [4.78, 5) is 10.4. The van der Waals surface area contributed by atoms with Crippen molar-refractivity contribution in [2.24, 2.45) is 0 Å². The Bertz CT molecular complexity index is 587. The number of nitro groups is 1. The Balaban J connectivity index is 2.29. The fourth-order valence-corrected chi connectivity index (χ4v) is 3.49. The maximum Gasteiger partial charge on any atom is 0.282 e. The van der Waals surface area contributed by atoms with Gasteiger partial charge in [0.15, 0.2) is 0 Å². The molecule has 0 aromatic heterocycles. The largest absolute Gasteiger partial charge is 0.282 e. The van der Waals surface area contributed by atoms with E-state index >= 15 is 0 Å². The van der Waals surface area contributed by atoms with Crippen molar-refractivity contribution in [1.82, 2.24) is 8.61 Å². The van der Waals surface area contributed by atoms with Crippen LogP contribution in [0.15, 0.2) is 24.3 Å². The molecule has 0 amide bonds. The summed E-state index contributed by atoms with van der Waals surface area (Å²) >= 11 is 0. The highest BCUT2D eigenvalue weighted by Gasteiger charge is 2.32. The minimum absolute atomic E-state index is 0.0316. The Morgan fingerprint density at radius 1 is 1.32 bits per heavy atom. The third-order valence-corrected chi connectivity index (χ3v) is 5.07. The van der Waals surface area contributed by atoms with Crippen molar-refractivity contribution < 1.29 is 13.3 Å². The number of hydrogen-bond acceptors (Lipinski definition) is 4. The van der Waals surface area contributed by atoms with Gasteiger partial charge in [-0.1, -0.05) is 18.2 Å². The molecule has 104 valence electrons. The minimum atomic E-state index is -3.50. The van der Waals surface area contributed by atoms with Crippen LogP contribution in [0.4, 0.5) is 5.69 Å². The normalized spacial score (nSPS) is 20.3. The van der Waals surface area contributed by atoms with Gasteiger partial charge < -0.3 is 0 Å². The van der Waals surface area contributed by atoms with E-state index in [0.29, 0.717) is 18.7 Å². The van der Waals surface area contributed by atoms with Gasteiger partial charge in [0, 0.05) is 38.3 Å². The van der Waals surface area contributed by atoms with Gasteiger partial charge in [-0.2, -0.15) is 17.0 Å². The smallest absolute Gasteiger partial charge is 0.258 e. The zero-order valence-electron chi connectivity index (χ0n) is 10.5. The van der Waals surface area contributed by atoms with Crippen LogP contribution in [0.1, 0.15) is 12.0 Å². The van der Waals surface area contributed by atoms with Gasteiger partial charge in [-0.05, 0) is 6.42 Å². The molecule has 0 bridgehead atoms. The third-order valence-electron chi connectivity index (χ3n) is 3.14. The quantitative estimate of drug-likeness (QED) is 0.612. The summed E-state index contributed by atoms with van der Waals surface area (Å²) in [5.41, 5.74) is 0.359. The Kier molecular flexibility index (Phi) is 3.83. The van der Waals surface area contributed by atoms with Crippen molar-refractivity contribution in [1.29, 1.82) is 0 Å². The first-order chi connectivity index (χ1) is 8.93. The Labute approximate surface area is 111 Å². The Morgan fingerprint density at radius 2 is 2.00 bits per heavy atom. The van der Waals surface area contributed by atoms with Crippen molar-refractivity contribution in [3.63, 3.8) is 0 Å². The first kappa shape index (κ1) is 13.9. The molecular formula is C11H15N3O4S. The molecule has 2 rings (SSSR count). The molecule has 0 atom stereocenters. The van der Waals surface area contributed by atoms with E-state index in [1.165, 1.54) is 21.7 Å². The maximum absolute atomic E-state index is 12.1. The summed E-state index contributed by atoms with van der Waals surface area (Å²) < 4.78 is 26.7.